The molecule has 0 aromatic heterocycles. The zero-order valence-corrected chi connectivity index (χ0v) is 6.81. The molecule has 1 aliphatic carbocycles. The second-order valence-corrected chi connectivity index (χ2v) is 3.32. The molecule has 1 nitrogen and oxygen atoms in total. The Morgan fingerprint density at radius 2 is 2.00 bits per heavy atom. The standard InChI is InChI=1S/C9H14O/c1-7-4-5-8(6-10)9(7,2)3/h4-5,10H,6H2,1-3H3. The molecule has 0 radical (unpaired) electrons. The zero-order valence-electron chi connectivity index (χ0n) is 6.81. The number of hydrogen-bond acceptors (Lipinski definition) is 1. The third kappa shape index (κ3) is 0.907. The molecule has 0 amide bonds. The zero-order chi connectivity index (χ0) is 7.78. The maximum absolute atomic E-state index is 8.92. The minimum absolute atomic E-state index is 0.0920. The second kappa shape index (κ2) is 2.24. The summed E-state index contributed by atoms with van der Waals surface area (Å²) in [6.45, 7) is 6.54. The molecule has 0 aromatic carbocycles. The molecule has 56 valence electrons. The Kier molecular flexibility index (Phi) is 1.69. The van der Waals surface area contributed by atoms with Crippen LogP contribution in [-0.2, 0) is 0 Å². The third-order valence-electron chi connectivity index (χ3n) is 2.49. The average Bonchev–Trinajstić information content (AvgIpc) is 2.10. The first-order valence-electron chi connectivity index (χ1n) is 3.58. The lowest BCUT2D eigenvalue weighted by molar-refractivity contribution is 0.304. The van der Waals surface area contributed by atoms with E-state index in [4.69, 9.17) is 5.11 Å². The van der Waals surface area contributed by atoms with Crippen molar-refractivity contribution in [3.63, 3.8) is 0 Å². The molecule has 0 fully saturated rings. The van der Waals surface area contributed by atoms with Crippen molar-refractivity contribution < 1.29 is 5.11 Å². The Labute approximate surface area is 62.1 Å². The van der Waals surface area contributed by atoms with E-state index in [1.54, 1.807) is 0 Å². The van der Waals surface area contributed by atoms with E-state index in [1.165, 1.54) is 5.57 Å². The number of aliphatic hydroxyl groups excluding tert-OH is 1. The van der Waals surface area contributed by atoms with Gasteiger partial charge in [0.2, 0.25) is 0 Å². The molecule has 0 saturated carbocycles. The van der Waals surface area contributed by atoms with Gasteiger partial charge in [0.25, 0.3) is 0 Å². The molecule has 0 aromatic rings. The van der Waals surface area contributed by atoms with Crippen LogP contribution < -0.4 is 0 Å². The quantitative estimate of drug-likeness (QED) is 0.586. The van der Waals surface area contributed by atoms with E-state index in [1.807, 2.05) is 6.08 Å². The molecule has 0 heterocycles. The first-order chi connectivity index (χ1) is 4.59. The number of hydrogen-bond donors (Lipinski definition) is 1. The van der Waals surface area contributed by atoms with Crippen LogP contribution in [0.15, 0.2) is 23.3 Å². The summed E-state index contributed by atoms with van der Waals surface area (Å²) in [6, 6.07) is 0. The SMILES string of the molecule is CC1=CC=C(CO)C1(C)C. The molecular weight excluding hydrogens is 124 g/mol. The fourth-order valence-electron chi connectivity index (χ4n) is 1.15. The second-order valence-electron chi connectivity index (χ2n) is 3.32. The summed E-state index contributed by atoms with van der Waals surface area (Å²) in [4.78, 5) is 0. The topological polar surface area (TPSA) is 20.2 Å². The van der Waals surface area contributed by atoms with Crippen LogP contribution in [0.4, 0.5) is 0 Å². The molecule has 0 unspecified atom stereocenters. The summed E-state index contributed by atoms with van der Waals surface area (Å²) in [7, 11) is 0. The monoisotopic (exact) mass is 138 g/mol. The fraction of sp³-hybridized carbons (Fsp3) is 0.556. The number of rotatable bonds is 1. The fourth-order valence-corrected chi connectivity index (χ4v) is 1.15. The van der Waals surface area contributed by atoms with Crippen molar-refractivity contribution in [3.05, 3.63) is 23.3 Å². The Morgan fingerprint density at radius 1 is 1.40 bits per heavy atom. The molecule has 0 bridgehead atoms. The molecule has 1 N–H and O–H groups in total. The highest BCUT2D eigenvalue weighted by Gasteiger charge is 2.27. The molecule has 0 aliphatic heterocycles. The highest BCUT2D eigenvalue weighted by atomic mass is 16.3. The summed E-state index contributed by atoms with van der Waals surface area (Å²) in [5, 5.41) is 8.92. The van der Waals surface area contributed by atoms with Crippen LogP contribution in [0.2, 0.25) is 0 Å². The summed E-state index contributed by atoms with van der Waals surface area (Å²) in [5.41, 5.74) is 2.54. The van der Waals surface area contributed by atoms with Gasteiger partial charge in [0.15, 0.2) is 0 Å². The van der Waals surface area contributed by atoms with Gasteiger partial charge in [0, 0.05) is 5.41 Å². The lowest BCUT2D eigenvalue weighted by Gasteiger charge is -2.23. The van der Waals surface area contributed by atoms with Crippen molar-refractivity contribution in [2.45, 2.75) is 20.8 Å². The van der Waals surface area contributed by atoms with E-state index in [0.717, 1.165) is 5.57 Å². The third-order valence-corrected chi connectivity index (χ3v) is 2.49. The van der Waals surface area contributed by atoms with Crippen LogP contribution in [0.5, 0.6) is 0 Å². The Bertz CT molecular complexity index is 197. The van der Waals surface area contributed by atoms with Crippen molar-refractivity contribution in [3.8, 4) is 0 Å². The van der Waals surface area contributed by atoms with Crippen LogP contribution in [0, 0.1) is 5.41 Å². The molecule has 1 aliphatic rings. The predicted molar refractivity (Wildman–Crippen MR) is 42.7 cm³/mol. The van der Waals surface area contributed by atoms with Crippen LogP contribution in [0.3, 0.4) is 0 Å². The predicted octanol–water partition coefficient (Wildman–Crippen LogP) is 1.89. The van der Waals surface area contributed by atoms with E-state index in [-0.39, 0.29) is 12.0 Å². The van der Waals surface area contributed by atoms with Gasteiger partial charge in [-0.25, -0.2) is 0 Å². The Hall–Kier alpha value is -0.560. The van der Waals surface area contributed by atoms with E-state index in [0.29, 0.717) is 0 Å². The summed E-state index contributed by atoms with van der Waals surface area (Å²) >= 11 is 0. The lowest BCUT2D eigenvalue weighted by Crippen LogP contribution is -2.15. The highest BCUT2D eigenvalue weighted by molar-refractivity contribution is 5.38. The van der Waals surface area contributed by atoms with Gasteiger partial charge in [-0.2, -0.15) is 0 Å². The molecule has 1 heteroatoms. The van der Waals surface area contributed by atoms with Gasteiger partial charge >= 0.3 is 0 Å². The van der Waals surface area contributed by atoms with Crippen molar-refractivity contribution in [1.82, 2.24) is 0 Å². The van der Waals surface area contributed by atoms with Gasteiger partial charge in [-0.05, 0) is 12.5 Å². The van der Waals surface area contributed by atoms with Gasteiger partial charge in [0.05, 0.1) is 6.61 Å². The first kappa shape index (κ1) is 7.55. The van der Waals surface area contributed by atoms with E-state index in [2.05, 4.69) is 26.8 Å². The molecule has 0 saturated heterocycles. The van der Waals surface area contributed by atoms with Gasteiger partial charge in [-0.1, -0.05) is 31.6 Å². The van der Waals surface area contributed by atoms with Crippen molar-refractivity contribution in [2.24, 2.45) is 5.41 Å². The van der Waals surface area contributed by atoms with Gasteiger partial charge in [0.1, 0.15) is 0 Å². The largest absolute Gasteiger partial charge is 0.392 e. The van der Waals surface area contributed by atoms with Crippen molar-refractivity contribution >= 4 is 0 Å². The van der Waals surface area contributed by atoms with Gasteiger partial charge in [-0.3, -0.25) is 0 Å². The maximum Gasteiger partial charge on any atom is 0.0653 e. The van der Waals surface area contributed by atoms with E-state index in [9.17, 15) is 0 Å². The van der Waals surface area contributed by atoms with Crippen molar-refractivity contribution in [2.75, 3.05) is 6.61 Å². The maximum atomic E-state index is 8.92. The van der Waals surface area contributed by atoms with Crippen molar-refractivity contribution in [1.29, 1.82) is 0 Å². The minimum Gasteiger partial charge on any atom is -0.392 e. The smallest absolute Gasteiger partial charge is 0.0653 e. The Morgan fingerprint density at radius 3 is 2.20 bits per heavy atom. The van der Waals surface area contributed by atoms with Crippen LogP contribution in [0.25, 0.3) is 0 Å². The minimum atomic E-state index is 0.0920. The number of aliphatic hydroxyl groups is 1. The normalized spacial score (nSPS) is 22.4. The molecule has 0 atom stereocenters. The molecule has 10 heavy (non-hydrogen) atoms. The van der Waals surface area contributed by atoms with E-state index >= 15 is 0 Å². The summed E-state index contributed by atoms with van der Waals surface area (Å²) in [5.74, 6) is 0. The van der Waals surface area contributed by atoms with Crippen LogP contribution in [0.1, 0.15) is 20.8 Å². The molecular formula is C9H14O. The first-order valence-corrected chi connectivity index (χ1v) is 3.58. The van der Waals surface area contributed by atoms with Crippen LogP contribution >= 0.6 is 0 Å². The van der Waals surface area contributed by atoms with Crippen LogP contribution in [-0.4, -0.2) is 11.7 Å². The molecule has 1 rings (SSSR count). The van der Waals surface area contributed by atoms with E-state index < -0.39 is 0 Å². The Balaban J connectivity index is 2.89. The summed E-state index contributed by atoms with van der Waals surface area (Å²) in [6.07, 6.45) is 4.08. The molecule has 0 spiro atoms. The van der Waals surface area contributed by atoms with Gasteiger partial charge in [-0.15, -0.1) is 0 Å². The number of allylic oxidation sites excluding steroid dienone is 3. The highest BCUT2D eigenvalue weighted by Crippen LogP contribution is 2.38. The van der Waals surface area contributed by atoms with Gasteiger partial charge < -0.3 is 5.11 Å². The average molecular weight is 138 g/mol. The lowest BCUT2D eigenvalue weighted by atomic mass is 9.82. The summed E-state index contributed by atoms with van der Waals surface area (Å²) < 4.78 is 0.